The van der Waals surface area contributed by atoms with Crippen molar-refractivity contribution in [2.45, 2.75) is 26.7 Å². The summed E-state index contributed by atoms with van der Waals surface area (Å²) in [5.41, 5.74) is -0.0743. The van der Waals surface area contributed by atoms with Crippen molar-refractivity contribution < 1.29 is 9.72 Å². The highest BCUT2D eigenvalue weighted by Gasteiger charge is 2.27. The summed E-state index contributed by atoms with van der Waals surface area (Å²) in [6, 6.07) is 5.99. The Labute approximate surface area is 127 Å². The van der Waals surface area contributed by atoms with Gasteiger partial charge in [-0.15, -0.1) is 0 Å². The van der Waals surface area contributed by atoms with Gasteiger partial charge in [0.2, 0.25) is 0 Å². The molecule has 0 saturated heterocycles. The number of hydrogen-bond acceptors (Lipinski definition) is 3. The summed E-state index contributed by atoms with van der Waals surface area (Å²) in [6.45, 7) is 4.64. The summed E-state index contributed by atoms with van der Waals surface area (Å²) < 4.78 is 0. The molecule has 1 amide bonds. The molecule has 0 bridgehead atoms. The van der Waals surface area contributed by atoms with Crippen LogP contribution in [0.15, 0.2) is 24.3 Å². The van der Waals surface area contributed by atoms with Crippen LogP contribution in [0.1, 0.15) is 37.0 Å². The van der Waals surface area contributed by atoms with Crippen molar-refractivity contribution in [1.82, 2.24) is 5.32 Å². The van der Waals surface area contributed by atoms with E-state index in [9.17, 15) is 14.9 Å². The molecule has 5 nitrogen and oxygen atoms in total. The number of para-hydroxylation sites is 1. The van der Waals surface area contributed by atoms with Crippen LogP contribution in [0.4, 0.5) is 5.69 Å². The number of carbonyl (C=O) groups excluding carboxylic acids is 1. The molecule has 0 aromatic heterocycles. The first-order chi connectivity index (χ1) is 9.49. The van der Waals surface area contributed by atoms with Crippen LogP contribution in [0.3, 0.4) is 0 Å². The molecule has 1 aromatic rings. The highest BCUT2D eigenvalue weighted by molar-refractivity contribution is 9.09. The van der Waals surface area contributed by atoms with Crippen LogP contribution in [0.25, 0.3) is 0 Å². The van der Waals surface area contributed by atoms with E-state index >= 15 is 0 Å². The zero-order valence-electron chi connectivity index (χ0n) is 11.7. The smallest absolute Gasteiger partial charge is 0.282 e. The van der Waals surface area contributed by atoms with Crippen LogP contribution >= 0.6 is 15.9 Å². The van der Waals surface area contributed by atoms with Crippen molar-refractivity contribution in [1.29, 1.82) is 0 Å². The van der Waals surface area contributed by atoms with Crippen LogP contribution in [0.2, 0.25) is 0 Å². The molecule has 1 N–H and O–H groups in total. The van der Waals surface area contributed by atoms with Crippen molar-refractivity contribution in [2.24, 2.45) is 5.41 Å². The topological polar surface area (TPSA) is 72.2 Å². The third-order valence-electron chi connectivity index (χ3n) is 3.75. The molecule has 0 radical (unpaired) electrons. The third-order valence-corrected chi connectivity index (χ3v) is 4.94. The Morgan fingerprint density at radius 3 is 2.45 bits per heavy atom. The Bertz CT molecular complexity index is 479. The summed E-state index contributed by atoms with van der Waals surface area (Å²) in [7, 11) is 0. The Morgan fingerprint density at radius 1 is 1.35 bits per heavy atom. The Morgan fingerprint density at radius 2 is 1.95 bits per heavy atom. The molecule has 0 aliphatic rings. The van der Waals surface area contributed by atoms with Gasteiger partial charge < -0.3 is 5.32 Å². The fraction of sp³-hybridized carbons (Fsp3) is 0.500. The molecule has 1 rings (SSSR count). The number of nitrogens with zero attached hydrogens (tertiary/aromatic N) is 1. The Hall–Kier alpha value is -1.43. The van der Waals surface area contributed by atoms with Gasteiger partial charge in [0.15, 0.2) is 0 Å². The van der Waals surface area contributed by atoms with Gasteiger partial charge in [0, 0.05) is 17.9 Å². The average Bonchev–Trinajstić information content (AvgIpc) is 2.49. The number of halogens is 1. The van der Waals surface area contributed by atoms with Gasteiger partial charge in [-0.2, -0.15) is 0 Å². The third kappa shape index (κ3) is 3.79. The molecule has 0 spiro atoms. The van der Waals surface area contributed by atoms with E-state index in [4.69, 9.17) is 0 Å². The molecular formula is C14H19BrN2O3. The van der Waals surface area contributed by atoms with Crippen LogP contribution < -0.4 is 5.32 Å². The van der Waals surface area contributed by atoms with Crippen molar-refractivity contribution in [3.05, 3.63) is 39.9 Å². The molecule has 0 atom stereocenters. The predicted molar refractivity (Wildman–Crippen MR) is 82.2 cm³/mol. The zero-order chi connectivity index (χ0) is 15.2. The van der Waals surface area contributed by atoms with E-state index in [-0.39, 0.29) is 16.7 Å². The van der Waals surface area contributed by atoms with Gasteiger partial charge in [-0.05, 0) is 24.3 Å². The molecule has 0 aliphatic carbocycles. The van der Waals surface area contributed by atoms with Crippen molar-refractivity contribution >= 4 is 27.5 Å². The average molecular weight is 343 g/mol. The maximum atomic E-state index is 12.1. The zero-order valence-corrected chi connectivity index (χ0v) is 13.3. The number of carbonyl (C=O) groups is 1. The highest BCUT2D eigenvalue weighted by atomic mass is 79.9. The Balaban J connectivity index is 2.85. The number of benzene rings is 1. The lowest BCUT2D eigenvalue weighted by atomic mass is 9.84. The number of nitro groups is 1. The second-order valence-electron chi connectivity index (χ2n) is 4.80. The number of nitro benzene ring substituents is 1. The number of alkyl halides is 1. The summed E-state index contributed by atoms with van der Waals surface area (Å²) in [4.78, 5) is 22.5. The molecular weight excluding hydrogens is 324 g/mol. The summed E-state index contributed by atoms with van der Waals surface area (Å²) in [5, 5.41) is 14.5. The second-order valence-corrected chi connectivity index (χ2v) is 5.36. The van der Waals surface area contributed by atoms with Crippen LogP contribution in [0.5, 0.6) is 0 Å². The lowest BCUT2D eigenvalue weighted by Gasteiger charge is -2.29. The van der Waals surface area contributed by atoms with Crippen molar-refractivity contribution in [3.8, 4) is 0 Å². The minimum atomic E-state index is -0.535. The molecule has 0 unspecified atom stereocenters. The van der Waals surface area contributed by atoms with E-state index in [1.165, 1.54) is 12.1 Å². The predicted octanol–water partition coefficient (Wildman–Crippen LogP) is 3.53. The van der Waals surface area contributed by atoms with Gasteiger partial charge in [0.1, 0.15) is 5.56 Å². The fourth-order valence-electron chi connectivity index (χ4n) is 1.92. The van der Waals surface area contributed by atoms with Crippen molar-refractivity contribution in [3.63, 3.8) is 0 Å². The van der Waals surface area contributed by atoms with Crippen LogP contribution in [-0.4, -0.2) is 22.7 Å². The normalized spacial score (nSPS) is 11.2. The van der Waals surface area contributed by atoms with E-state index in [1.807, 2.05) is 0 Å². The SMILES string of the molecule is CCC(CC)(CBr)CNC(=O)c1ccccc1[N+](=O)[O-]. The summed E-state index contributed by atoms with van der Waals surface area (Å²) in [5.74, 6) is -0.399. The lowest BCUT2D eigenvalue weighted by Crippen LogP contribution is -2.38. The maximum absolute atomic E-state index is 12.1. The van der Waals surface area contributed by atoms with Gasteiger partial charge in [-0.3, -0.25) is 14.9 Å². The fourth-order valence-corrected chi connectivity index (χ4v) is 2.92. The molecule has 110 valence electrons. The van der Waals surface area contributed by atoms with Gasteiger partial charge in [0.05, 0.1) is 4.92 Å². The number of nitrogens with one attached hydrogen (secondary N) is 1. The molecule has 0 fully saturated rings. The quantitative estimate of drug-likeness (QED) is 0.468. The summed E-state index contributed by atoms with van der Waals surface area (Å²) in [6.07, 6.45) is 1.85. The van der Waals surface area contributed by atoms with Crippen LogP contribution in [-0.2, 0) is 0 Å². The van der Waals surface area contributed by atoms with Gasteiger partial charge >= 0.3 is 0 Å². The highest BCUT2D eigenvalue weighted by Crippen LogP contribution is 2.28. The summed E-state index contributed by atoms with van der Waals surface area (Å²) >= 11 is 3.48. The Kier molecular flexibility index (Phi) is 6.13. The standard InChI is InChI=1S/C14H19BrN2O3/c1-3-14(4-2,9-15)10-16-13(18)11-7-5-6-8-12(11)17(19)20/h5-8H,3-4,9-10H2,1-2H3,(H,16,18). The van der Waals surface area contributed by atoms with Gasteiger partial charge in [0.25, 0.3) is 11.6 Å². The molecule has 1 aromatic carbocycles. The number of rotatable bonds is 7. The van der Waals surface area contributed by atoms with E-state index in [1.54, 1.807) is 12.1 Å². The van der Waals surface area contributed by atoms with E-state index in [0.29, 0.717) is 6.54 Å². The monoisotopic (exact) mass is 342 g/mol. The van der Waals surface area contributed by atoms with E-state index in [0.717, 1.165) is 18.2 Å². The molecule has 0 heterocycles. The molecule has 0 aliphatic heterocycles. The molecule has 0 saturated carbocycles. The minimum Gasteiger partial charge on any atom is -0.351 e. The lowest BCUT2D eigenvalue weighted by molar-refractivity contribution is -0.385. The van der Waals surface area contributed by atoms with E-state index < -0.39 is 10.8 Å². The molecule has 20 heavy (non-hydrogen) atoms. The minimum absolute atomic E-state index is 0.0147. The number of amides is 1. The second kappa shape index (κ2) is 7.38. The largest absolute Gasteiger partial charge is 0.351 e. The first-order valence-electron chi connectivity index (χ1n) is 6.57. The first kappa shape index (κ1) is 16.6. The number of hydrogen-bond donors (Lipinski definition) is 1. The maximum Gasteiger partial charge on any atom is 0.282 e. The van der Waals surface area contributed by atoms with Crippen molar-refractivity contribution in [2.75, 3.05) is 11.9 Å². The van der Waals surface area contributed by atoms with Gasteiger partial charge in [-0.1, -0.05) is 41.9 Å². The van der Waals surface area contributed by atoms with E-state index in [2.05, 4.69) is 35.1 Å². The van der Waals surface area contributed by atoms with Gasteiger partial charge in [-0.25, -0.2) is 0 Å². The molecule has 6 heteroatoms. The first-order valence-corrected chi connectivity index (χ1v) is 7.69. The van der Waals surface area contributed by atoms with Crippen LogP contribution in [0, 0.1) is 15.5 Å².